The molecule has 1 radical (unpaired) electrons. The minimum absolute atomic E-state index is 0. The van der Waals surface area contributed by atoms with Crippen molar-refractivity contribution in [3.63, 3.8) is 0 Å². The van der Waals surface area contributed by atoms with Crippen molar-refractivity contribution in [2.24, 2.45) is 5.73 Å². The Morgan fingerprint density at radius 1 is 1.16 bits per heavy atom. The average Bonchev–Trinajstić information content (AvgIpc) is 2.33. The summed E-state index contributed by atoms with van der Waals surface area (Å²) in [7, 11) is 0. The monoisotopic (exact) mass is 317 g/mol. The van der Waals surface area contributed by atoms with Crippen molar-refractivity contribution in [1.29, 1.82) is 0 Å². The maximum atomic E-state index is 10.4. The minimum atomic E-state index is -0.186. The summed E-state index contributed by atoms with van der Waals surface area (Å²) in [6.07, 6.45) is 0.932. The quantitative estimate of drug-likeness (QED) is 0.593. The predicted molar refractivity (Wildman–Crippen MR) is 78.7 cm³/mol. The number of nitrogens with two attached hydrogens (primary N) is 1. The number of hydrogen-bond donors (Lipinski definition) is 1. The standard InChI is InChI=1S/C9H19NO2.C2H7N.C2H6.H2O.V/c1-4-10(5-2)7-6-8-12-9(3)11;1-2-3;1-2;;/h4-8H2,1-3H3;2-3H2,1H3;1-2H3;1H2;. The van der Waals surface area contributed by atoms with Crippen molar-refractivity contribution >= 4 is 5.97 Å². The number of hydrogen-bond acceptors (Lipinski definition) is 4. The molecule has 0 saturated heterocycles. The van der Waals surface area contributed by atoms with Gasteiger partial charge in [0, 0.05) is 32.0 Å². The third-order valence-electron chi connectivity index (χ3n) is 1.82. The molecule has 0 fully saturated rings. The molecule has 0 bridgehead atoms. The molecule has 0 aliphatic heterocycles. The van der Waals surface area contributed by atoms with Crippen molar-refractivity contribution in [2.45, 2.75) is 48.0 Å². The van der Waals surface area contributed by atoms with Gasteiger partial charge in [-0.25, -0.2) is 0 Å². The molecule has 5 nitrogen and oxygen atoms in total. The van der Waals surface area contributed by atoms with E-state index in [2.05, 4.69) is 18.7 Å². The van der Waals surface area contributed by atoms with Crippen LogP contribution >= 0.6 is 0 Å². The summed E-state index contributed by atoms with van der Waals surface area (Å²) >= 11 is 0. The Bertz CT molecular complexity index is 146. The smallest absolute Gasteiger partial charge is 0.302 e. The summed E-state index contributed by atoms with van der Waals surface area (Å²) in [5, 5.41) is 0. The average molecular weight is 317 g/mol. The summed E-state index contributed by atoms with van der Waals surface area (Å²) < 4.78 is 4.82. The summed E-state index contributed by atoms with van der Waals surface area (Å²) in [6, 6.07) is 0. The zero-order chi connectivity index (χ0) is 14.1. The van der Waals surface area contributed by atoms with E-state index in [0.29, 0.717) is 6.61 Å². The van der Waals surface area contributed by atoms with Gasteiger partial charge in [0.15, 0.2) is 0 Å². The number of nitrogens with zero attached hydrogens (tertiary/aromatic N) is 1. The van der Waals surface area contributed by atoms with Crippen molar-refractivity contribution in [3.8, 4) is 0 Å². The molecular weight excluding hydrogens is 283 g/mol. The van der Waals surface area contributed by atoms with Gasteiger partial charge in [-0.2, -0.15) is 0 Å². The van der Waals surface area contributed by atoms with Gasteiger partial charge in [0.25, 0.3) is 0 Å². The van der Waals surface area contributed by atoms with Crippen LogP contribution in [-0.4, -0.2) is 49.1 Å². The minimum Gasteiger partial charge on any atom is -0.466 e. The van der Waals surface area contributed by atoms with Gasteiger partial charge in [0.05, 0.1) is 6.61 Å². The fourth-order valence-corrected chi connectivity index (χ4v) is 1.04. The molecule has 19 heavy (non-hydrogen) atoms. The van der Waals surface area contributed by atoms with Gasteiger partial charge in [-0.1, -0.05) is 34.6 Å². The zero-order valence-electron chi connectivity index (χ0n) is 13.5. The van der Waals surface area contributed by atoms with E-state index >= 15 is 0 Å². The van der Waals surface area contributed by atoms with Gasteiger partial charge in [0.2, 0.25) is 0 Å². The maximum absolute atomic E-state index is 10.4. The number of carbonyl (C=O) groups excluding carboxylic acids is 1. The fraction of sp³-hybridized carbons (Fsp3) is 0.923. The third kappa shape index (κ3) is 38.1. The van der Waals surface area contributed by atoms with Crippen LogP contribution in [0.2, 0.25) is 0 Å². The Hall–Kier alpha value is -0.0656. The normalized spacial score (nSPS) is 7.79. The second-order valence-electron chi connectivity index (χ2n) is 3.13. The van der Waals surface area contributed by atoms with E-state index in [9.17, 15) is 4.79 Å². The largest absolute Gasteiger partial charge is 0.466 e. The van der Waals surface area contributed by atoms with Gasteiger partial charge < -0.3 is 20.8 Å². The first-order chi connectivity index (χ1) is 8.12. The Morgan fingerprint density at radius 3 is 1.79 bits per heavy atom. The molecule has 0 heterocycles. The summed E-state index contributed by atoms with van der Waals surface area (Å²) in [4.78, 5) is 12.7. The van der Waals surface area contributed by atoms with E-state index in [1.54, 1.807) is 0 Å². The van der Waals surface area contributed by atoms with Crippen LogP contribution in [0.4, 0.5) is 0 Å². The van der Waals surface area contributed by atoms with Crippen LogP contribution in [0.1, 0.15) is 48.0 Å². The molecular formula is C13H34N2O3V. The van der Waals surface area contributed by atoms with E-state index in [0.717, 1.165) is 32.6 Å². The Balaban J connectivity index is -0.0000000819. The first kappa shape index (κ1) is 31.4. The second-order valence-corrected chi connectivity index (χ2v) is 3.13. The van der Waals surface area contributed by atoms with Crippen molar-refractivity contribution < 1.29 is 33.6 Å². The molecule has 0 aromatic heterocycles. The zero-order valence-corrected chi connectivity index (χ0v) is 14.9. The first-order valence-electron chi connectivity index (χ1n) is 6.68. The topological polar surface area (TPSA) is 87.1 Å². The number of ether oxygens (including phenoxy) is 1. The van der Waals surface area contributed by atoms with Crippen LogP contribution in [0.3, 0.4) is 0 Å². The number of rotatable bonds is 6. The van der Waals surface area contributed by atoms with Crippen LogP contribution in [-0.2, 0) is 28.1 Å². The van der Waals surface area contributed by atoms with Crippen LogP contribution in [0.15, 0.2) is 0 Å². The molecule has 4 N–H and O–H groups in total. The van der Waals surface area contributed by atoms with Gasteiger partial charge in [-0.3, -0.25) is 4.79 Å². The molecule has 0 atom stereocenters. The Labute approximate surface area is 131 Å². The molecule has 0 aromatic rings. The molecule has 0 saturated carbocycles. The van der Waals surface area contributed by atoms with E-state index in [4.69, 9.17) is 10.5 Å². The van der Waals surface area contributed by atoms with E-state index in [-0.39, 0.29) is 30.0 Å². The fourth-order valence-electron chi connectivity index (χ4n) is 1.04. The molecule has 119 valence electrons. The van der Waals surface area contributed by atoms with Gasteiger partial charge in [-0.15, -0.1) is 0 Å². The van der Waals surface area contributed by atoms with Crippen molar-refractivity contribution in [2.75, 3.05) is 32.8 Å². The molecule has 0 amide bonds. The van der Waals surface area contributed by atoms with E-state index in [1.165, 1.54) is 6.92 Å². The third-order valence-corrected chi connectivity index (χ3v) is 1.82. The van der Waals surface area contributed by atoms with E-state index in [1.807, 2.05) is 20.8 Å². The van der Waals surface area contributed by atoms with Crippen LogP contribution < -0.4 is 5.73 Å². The predicted octanol–water partition coefficient (Wildman–Crippen LogP) is 1.45. The molecule has 0 aromatic carbocycles. The van der Waals surface area contributed by atoms with Crippen LogP contribution in [0.25, 0.3) is 0 Å². The molecule has 0 unspecified atom stereocenters. The number of carbonyl (C=O) groups is 1. The van der Waals surface area contributed by atoms with E-state index < -0.39 is 0 Å². The summed E-state index contributed by atoms with van der Waals surface area (Å²) in [6.45, 7) is 16.1. The van der Waals surface area contributed by atoms with Gasteiger partial charge >= 0.3 is 5.97 Å². The SMILES string of the molecule is CC.CCN.CCN(CC)CCCOC(C)=O.O.[V]. The van der Waals surface area contributed by atoms with Gasteiger partial charge in [0.1, 0.15) is 0 Å². The van der Waals surface area contributed by atoms with Crippen LogP contribution in [0.5, 0.6) is 0 Å². The number of esters is 1. The second kappa shape index (κ2) is 30.7. The van der Waals surface area contributed by atoms with Crippen LogP contribution in [0, 0.1) is 0 Å². The summed E-state index contributed by atoms with van der Waals surface area (Å²) in [5.41, 5.74) is 4.85. The molecule has 0 aliphatic carbocycles. The molecule has 0 aliphatic rings. The van der Waals surface area contributed by atoms with Crippen molar-refractivity contribution in [1.82, 2.24) is 4.90 Å². The Morgan fingerprint density at radius 2 is 1.53 bits per heavy atom. The van der Waals surface area contributed by atoms with Gasteiger partial charge in [-0.05, 0) is 26.1 Å². The van der Waals surface area contributed by atoms with Crippen molar-refractivity contribution in [3.05, 3.63) is 0 Å². The molecule has 0 rings (SSSR count). The first-order valence-corrected chi connectivity index (χ1v) is 6.68. The maximum Gasteiger partial charge on any atom is 0.302 e. The summed E-state index contributed by atoms with van der Waals surface area (Å²) in [5.74, 6) is -0.186. The molecule has 6 heteroatoms. The molecule has 0 spiro atoms. The Kier molecular flexibility index (Phi) is 50.7.